The SMILES string of the molecule is O[C@H](COc1ccc(OC[C@@H](O)C[NH+]2CCCCC2)cc1)C[NH+]1CCCCC1. The maximum Gasteiger partial charge on any atom is 0.137 e. The van der Waals surface area contributed by atoms with Gasteiger partial charge in [0.2, 0.25) is 0 Å². The summed E-state index contributed by atoms with van der Waals surface area (Å²) in [6.45, 7) is 6.81. The smallest absolute Gasteiger partial charge is 0.137 e. The van der Waals surface area contributed by atoms with Crippen LogP contribution >= 0.6 is 0 Å². The van der Waals surface area contributed by atoms with Gasteiger partial charge in [0.15, 0.2) is 0 Å². The van der Waals surface area contributed by atoms with Gasteiger partial charge < -0.3 is 29.5 Å². The van der Waals surface area contributed by atoms with Crippen LogP contribution in [0.4, 0.5) is 0 Å². The lowest BCUT2D eigenvalue weighted by Crippen LogP contribution is -3.14. The molecule has 2 aliphatic rings. The minimum Gasteiger partial charge on any atom is -0.491 e. The monoisotopic (exact) mass is 394 g/mol. The van der Waals surface area contributed by atoms with E-state index in [9.17, 15) is 10.2 Å². The Labute approximate surface area is 169 Å². The van der Waals surface area contributed by atoms with Crippen LogP contribution in [-0.2, 0) is 0 Å². The van der Waals surface area contributed by atoms with Crippen molar-refractivity contribution in [2.75, 3.05) is 52.5 Å². The fraction of sp³-hybridized carbons (Fsp3) is 0.727. The van der Waals surface area contributed by atoms with Crippen molar-refractivity contribution >= 4 is 0 Å². The molecule has 1 aromatic carbocycles. The van der Waals surface area contributed by atoms with Gasteiger partial charge in [-0.2, -0.15) is 0 Å². The maximum atomic E-state index is 10.2. The molecule has 2 saturated heterocycles. The number of aliphatic hydroxyl groups excluding tert-OH is 2. The molecule has 6 nitrogen and oxygen atoms in total. The molecule has 0 unspecified atom stereocenters. The van der Waals surface area contributed by atoms with Gasteiger partial charge in [0.1, 0.15) is 50.0 Å². The first-order valence-electron chi connectivity index (χ1n) is 11.1. The number of aliphatic hydroxyl groups is 2. The van der Waals surface area contributed by atoms with Gasteiger partial charge in [0.05, 0.1) is 26.2 Å². The normalized spacial score (nSPS) is 21.2. The van der Waals surface area contributed by atoms with Gasteiger partial charge in [-0.25, -0.2) is 0 Å². The second-order valence-corrected chi connectivity index (χ2v) is 8.43. The van der Waals surface area contributed by atoms with Crippen LogP contribution in [-0.4, -0.2) is 74.9 Å². The number of hydrogen-bond donors (Lipinski definition) is 4. The molecule has 2 aliphatic heterocycles. The number of nitrogens with one attached hydrogen (secondary N) is 2. The molecule has 0 amide bonds. The first-order chi connectivity index (χ1) is 13.7. The highest BCUT2D eigenvalue weighted by molar-refractivity contribution is 5.31. The van der Waals surface area contributed by atoms with Crippen LogP contribution in [0.1, 0.15) is 38.5 Å². The first kappa shape index (κ1) is 21.4. The van der Waals surface area contributed by atoms with Crippen molar-refractivity contribution in [1.82, 2.24) is 0 Å². The molecule has 0 aromatic heterocycles. The number of hydrogen-bond acceptors (Lipinski definition) is 4. The summed E-state index contributed by atoms with van der Waals surface area (Å²) in [6.07, 6.45) is 6.82. The van der Waals surface area contributed by atoms with Crippen LogP contribution in [0.15, 0.2) is 24.3 Å². The summed E-state index contributed by atoms with van der Waals surface area (Å²) in [6, 6.07) is 7.44. The third kappa shape index (κ3) is 7.59. The minimum atomic E-state index is -0.434. The van der Waals surface area contributed by atoms with Gasteiger partial charge in [-0.15, -0.1) is 0 Å². The average molecular weight is 395 g/mol. The number of quaternary nitrogens is 2. The Morgan fingerprint density at radius 3 is 1.36 bits per heavy atom. The summed E-state index contributed by atoms with van der Waals surface area (Å²) in [7, 11) is 0. The molecular formula is C22H38N2O4+2. The van der Waals surface area contributed by atoms with E-state index in [0.29, 0.717) is 13.2 Å². The quantitative estimate of drug-likeness (QED) is 0.424. The fourth-order valence-electron chi connectivity index (χ4n) is 4.31. The van der Waals surface area contributed by atoms with E-state index in [1.165, 1.54) is 48.3 Å². The van der Waals surface area contributed by atoms with Crippen molar-refractivity contribution in [3.63, 3.8) is 0 Å². The Morgan fingerprint density at radius 2 is 1.00 bits per heavy atom. The summed E-state index contributed by atoms with van der Waals surface area (Å²) in [5, 5.41) is 20.4. The molecule has 28 heavy (non-hydrogen) atoms. The van der Waals surface area contributed by atoms with Crippen LogP contribution in [0.3, 0.4) is 0 Å². The van der Waals surface area contributed by atoms with Crippen molar-refractivity contribution in [3.8, 4) is 11.5 Å². The second kappa shape index (κ2) is 11.6. The molecule has 0 saturated carbocycles. The van der Waals surface area contributed by atoms with Crippen LogP contribution in [0.5, 0.6) is 11.5 Å². The highest BCUT2D eigenvalue weighted by atomic mass is 16.5. The predicted molar refractivity (Wildman–Crippen MR) is 108 cm³/mol. The largest absolute Gasteiger partial charge is 0.491 e. The van der Waals surface area contributed by atoms with E-state index in [0.717, 1.165) is 50.8 Å². The summed E-state index contributed by atoms with van der Waals surface area (Å²) >= 11 is 0. The molecular weight excluding hydrogens is 356 g/mol. The number of benzene rings is 1. The van der Waals surface area contributed by atoms with E-state index in [2.05, 4.69) is 0 Å². The number of piperidine rings is 2. The lowest BCUT2D eigenvalue weighted by molar-refractivity contribution is -0.908. The molecule has 0 aliphatic carbocycles. The summed E-state index contributed by atoms with van der Waals surface area (Å²) in [5.74, 6) is 1.47. The maximum absolute atomic E-state index is 10.2. The van der Waals surface area contributed by atoms with Crippen LogP contribution in [0.25, 0.3) is 0 Å². The molecule has 3 rings (SSSR count). The van der Waals surface area contributed by atoms with Gasteiger partial charge >= 0.3 is 0 Å². The molecule has 6 heteroatoms. The van der Waals surface area contributed by atoms with Crippen molar-refractivity contribution in [2.45, 2.75) is 50.7 Å². The summed E-state index contributed by atoms with van der Waals surface area (Å²) in [4.78, 5) is 2.96. The summed E-state index contributed by atoms with van der Waals surface area (Å²) in [5.41, 5.74) is 0. The van der Waals surface area contributed by atoms with Crippen molar-refractivity contribution in [3.05, 3.63) is 24.3 Å². The third-order valence-corrected chi connectivity index (χ3v) is 5.88. The lowest BCUT2D eigenvalue weighted by atomic mass is 10.1. The molecule has 1 aromatic rings. The highest BCUT2D eigenvalue weighted by Crippen LogP contribution is 2.17. The highest BCUT2D eigenvalue weighted by Gasteiger charge is 2.19. The average Bonchev–Trinajstić information content (AvgIpc) is 2.73. The van der Waals surface area contributed by atoms with Crippen molar-refractivity contribution in [1.29, 1.82) is 0 Å². The van der Waals surface area contributed by atoms with E-state index in [1.54, 1.807) is 0 Å². The van der Waals surface area contributed by atoms with Gasteiger partial charge in [-0.3, -0.25) is 0 Å². The molecule has 0 bridgehead atoms. The predicted octanol–water partition coefficient (Wildman–Crippen LogP) is -0.696. The Bertz CT molecular complexity index is 493. The fourth-order valence-corrected chi connectivity index (χ4v) is 4.31. The standard InChI is InChI=1S/C22H36N2O4/c25-19(15-23-11-3-1-4-12-23)17-27-21-7-9-22(10-8-21)28-18-20(26)16-24-13-5-2-6-14-24/h7-10,19-20,25-26H,1-6,11-18H2/p+2/t19-,20-/m0/s1. The second-order valence-electron chi connectivity index (χ2n) is 8.43. The van der Waals surface area contributed by atoms with Gasteiger partial charge in [0.25, 0.3) is 0 Å². The molecule has 0 radical (unpaired) electrons. The van der Waals surface area contributed by atoms with E-state index in [4.69, 9.17) is 9.47 Å². The molecule has 2 atom stereocenters. The Morgan fingerprint density at radius 1 is 0.643 bits per heavy atom. The van der Waals surface area contributed by atoms with Crippen molar-refractivity contribution in [2.24, 2.45) is 0 Å². The summed E-state index contributed by atoms with van der Waals surface area (Å²) < 4.78 is 11.4. The Balaban J connectivity index is 1.32. The van der Waals surface area contributed by atoms with Crippen LogP contribution in [0, 0.1) is 0 Å². The molecule has 2 heterocycles. The topological polar surface area (TPSA) is 67.8 Å². The zero-order chi connectivity index (χ0) is 19.6. The zero-order valence-corrected chi connectivity index (χ0v) is 17.1. The lowest BCUT2D eigenvalue weighted by Gasteiger charge is -2.25. The van der Waals surface area contributed by atoms with E-state index in [1.807, 2.05) is 24.3 Å². The van der Waals surface area contributed by atoms with E-state index in [-0.39, 0.29) is 0 Å². The number of rotatable bonds is 10. The van der Waals surface area contributed by atoms with E-state index < -0.39 is 12.2 Å². The van der Waals surface area contributed by atoms with Crippen molar-refractivity contribution < 1.29 is 29.5 Å². The van der Waals surface area contributed by atoms with Gasteiger partial charge in [-0.1, -0.05) is 0 Å². The minimum absolute atomic E-state index is 0.320. The zero-order valence-electron chi connectivity index (χ0n) is 17.1. The third-order valence-electron chi connectivity index (χ3n) is 5.88. The molecule has 2 fully saturated rings. The van der Waals surface area contributed by atoms with Gasteiger partial charge in [-0.05, 0) is 62.8 Å². The molecule has 4 N–H and O–H groups in total. The molecule has 0 spiro atoms. The Kier molecular flexibility index (Phi) is 8.86. The van der Waals surface area contributed by atoms with Crippen LogP contribution < -0.4 is 19.3 Å². The van der Waals surface area contributed by atoms with Crippen LogP contribution in [0.2, 0.25) is 0 Å². The van der Waals surface area contributed by atoms with Gasteiger partial charge in [0, 0.05) is 0 Å². The first-order valence-corrected chi connectivity index (χ1v) is 11.1. The number of likely N-dealkylation sites (tertiary alicyclic amines) is 2. The van der Waals surface area contributed by atoms with E-state index >= 15 is 0 Å². The Hall–Kier alpha value is -1.34. The number of ether oxygens (including phenoxy) is 2. The molecule has 158 valence electrons.